The molecule has 1 aliphatic heterocycles. The molecule has 37 heavy (non-hydrogen) atoms. The van der Waals surface area contributed by atoms with Crippen molar-refractivity contribution >= 4 is 46.1 Å². The van der Waals surface area contributed by atoms with Crippen LogP contribution in [0.25, 0.3) is 22.0 Å². The number of methoxy groups -OCH3 is 2. The number of nitrogens with zero attached hydrogens (tertiary/aromatic N) is 4. The number of hydrogen-bond acceptors (Lipinski definition) is 8. The summed E-state index contributed by atoms with van der Waals surface area (Å²) < 4.78 is 16.2. The summed E-state index contributed by atoms with van der Waals surface area (Å²) in [6.45, 7) is 5.68. The number of nitrogens with one attached hydrogen (secondary N) is 1. The van der Waals surface area contributed by atoms with E-state index in [1.165, 1.54) is 19.1 Å². The Bertz CT molecular complexity index is 1360. The number of rotatable bonds is 5. The van der Waals surface area contributed by atoms with Gasteiger partial charge < -0.3 is 19.5 Å². The summed E-state index contributed by atoms with van der Waals surface area (Å²) in [4.78, 5) is 23.0. The van der Waals surface area contributed by atoms with Gasteiger partial charge in [-0.25, -0.2) is 14.8 Å². The van der Waals surface area contributed by atoms with E-state index in [4.69, 9.17) is 37.4 Å². The molecule has 1 fully saturated rings. The molecule has 9 nitrogen and oxygen atoms in total. The topological polar surface area (TPSA) is 110 Å². The van der Waals surface area contributed by atoms with Gasteiger partial charge in [0.1, 0.15) is 23.1 Å². The second kappa shape index (κ2) is 10.5. The monoisotopic (exact) mass is 543 g/mol. The van der Waals surface area contributed by atoms with Gasteiger partial charge in [0.2, 0.25) is 5.95 Å². The number of carbonyl (C=O) groups is 1. The molecule has 2 heterocycles. The van der Waals surface area contributed by atoms with Crippen LogP contribution in [0.3, 0.4) is 0 Å². The van der Waals surface area contributed by atoms with Crippen LogP contribution in [-0.2, 0) is 4.74 Å². The van der Waals surface area contributed by atoms with Crippen LogP contribution in [0.15, 0.2) is 30.5 Å². The van der Waals surface area contributed by atoms with Crippen molar-refractivity contribution in [2.75, 3.05) is 26.1 Å². The van der Waals surface area contributed by atoms with Crippen molar-refractivity contribution in [2.45, 2.75) is 44.9 Å². The van der Waals surface area contributed by atoms with Gasteiger partial charge in [-0.05, 0) is 38.5 Å². The van der Waals surface area contributed by atoms with Crippen molar-refractivity contribution in [1.82, 2.24) is 14.9 Å². The number of fused-ring (bicyclic) bond motifs is 1. The molecule has 1 aromatic heterocycles. The largest absolute Gasteiger partial charge is 0.495 e. The average molecular weight is 544 g/mol. The maximum Gasteiger partial charge on any atom is 0.411 e. The highest BCUT2D eigenvalue weighted by Crippen LogP contribution is 2.46. The lowest BCUT2D eigenvalue weighted by atomic mass is 10.0. The second-order valence-electron chi connectivity index (χ2n) is 9.61. The van der Waals surface area contributed by atoms with Crippen molar-refractivity contribution in [3.8, 4) is 28.7 Å². The number of likely N-dealkylation sites (tertiary alicyclic amines) is 1. The highest BCUT2D eigenvalue weighted by Gasteiger charge is 2.38. The number of benzene rings is 2. The van der Waals surface area contributed by atoms with Gasteiger partial charge in [0.15, 0.2) is 0 Å². The van der Waals surface area contributed by atoms with Crippen LogP contribution in [-0.4, -0.2) is 59.4 Å². The fourth-order valence-electron chi connectivity index (χ4n) is 4.17. The summed E-state index contributed by atoms with van der Waals surface area (Å²) in [7, 11) is 3.05. The van der Waals surface area contributed by atoms with E-state index in [0.29, 0.717) is 51.5 Å². The van der Waals surface area contributed by atoms with Gasteiger partial charge in [-0.2, -0.15) is 5.26 Å². The lowest BCUT2D eigenvalue weighted by Gasteiger charge is -2.26. The molecule has 194 valence electrons. The van der Waals surface area contributed by atoms with Gasteiger partial charge in [-0.3, -0.25) is 4.90 Å². The van der Waals surface area contributed by atoms with Crippen molar-refractivity contribution in [3.05, 3.63) is 40.5 Å². The summed E-state index contributed by atoms with van der Waals surface area (Å²) in [6, 6.07) is 8.61. The molecule has 3 aromatic rings. The molecule has 0 radical (unpaired) electrons. The smallest absolute Gasteiger partial charge is 0.411 e. The van der Waals surface area contributed by atoms with E-state index in [1.54, 1.807) is 33.0 Å². The molecule has 4 rings (SSSR count). The van der Waals surface area contributed by atoms with Gasteiger partial charge in [-0.1, -0.05) is 29.3 Å². The van der Waals surface area contributed by atoms with E-state index in [0.717, 1.165) is 10.9 Å². The van der Waals surface area contributed by atoms with Crippen molar-refractivity contribution in [3.63, 3.8) is 0 Å². The van der Waals surface area contributed by atoms with Crippen LogP contribution in [0.2, 0.25) is 10.0 Å². The van der Waals surface area contributed by atoms with Crippen molar-refractivity contribution in [1.29, 1.82) is 5.26 Å². The number of aromatic nitrogens is 2. The zero-order chi connectivity index (χ0) is 26.9. The van der Waals surface area contributed by atoms with Gasteiger partial charge in [-0.15, -0.1) is 0 Å². The van der Waals surface area contributed by atoms with Crippen LogP contribution in [0.1, 0.15) is 27.2 Å². The maximum absolute atomic E-state index is 12.5. The highest BCUT2D eigenvalue weighted by molar-refractivity contribution is 6.41. The summed E-state index contributed by atoms with van der Waals surface area (Å²) in [5.74, 6) is 1.29. The van der Waals surface area contributed by atoms with Gasteiger partial charge in [0.25, 0.3) is 0 Å². The Labute approximate surface area is 225 Å². The number of hydrogen-bond donors (Lipinski definition) is 1. The van der Waals surface area contributed by atoms with Crippen molar-refractivity contribution < 1.29 is 19.0 Å². The molecule has 11 heteroatoms. The number of carbonyl (C=O) groups excluding carboxylic acids is 1. The molecular weight excluding hydrogens is 517 g/mol. The predicted octanol–water partition coefficient (Wildman–Crippen LogP) is 5.93. The Balaban J connectivity index is 1.57. The first-order chi connectivity index (χ1) is 17.5. The van der Waals surface area contributed by atoms with Gasteiger partial charge >= 0.3 is 6.09 Å². The molecule has 2 atom stereocenters. The lowest BCUT2D eigenvalue weighted by molar-refractivity contribution is 0.0258. The Hall–Kier alpha value is -3.48. The quantitative estimate of drug-likeness (QED) is 0.421. The fourth-order valence-corrected chi connectivity index (χ4v) is 4.88. The van der Waals surface area contributed by atoms with Crippen LogP contribution in [0.4, 0.5) is 10.7 Å². The first-order valence-electron chi connectivity index (χ1n) is 11.6. The molecule has 1 aliphatic rings. The third-order valence-corrected chi connectivity index (χ3v) is 6.60. The summed E-state index contributed by atoms with van der Waals surface area (Å²) in [5, 5.41) is 14.3. The molecule has 1 saturated heterocycles. The van der Waals surface area contributed by atoms with Gasteiger partial charge in [0, 0.05) is 42.2 Å². The van der Waals surface area contributed by atoms with E-state index < -0.39 is 17.7 Å². The van der Waals surface area contributed by atoms with Crippen molar-refractivity contribution in [2.24, 2.45) is 0 Å². The normalized spacial score (nSPS) is 17.4. The van der Waals surface area contributed by atoms with E-state index in [-0.39, 0.29) is 6.04 Å². The standard InChI is InChI=1S/C26H27Cl2N5O4/c1-26(2,3)37-25(34)33-13-16(9-17(33)11-29)31-24-30-12-15-8-14(6-7-18(15)32-24)21-22(27)19(35-4)10-20(36-5)23(21)28/h6-8,10,12,16-17H,9,13H2,1-5H3,(H,30,31,32)/t16-,17-/m0/s1. The summed E-state index contributed by atoms with van der Waals surface area (Å²) >= 11 is 13.2. The number of nitriles is 1. The number of ether oxygens (including phenoxy) is 3. The van der Waals surface area contributed by atoms with Crippen LogP contribution in [0.5, 0.6) is 11.5 Å². The number of halogens is 2. The first kappa shape index (κ1) is 26.6. The molecule has 0 bridgehead atoms. The maximum atomic E-state index is 12.5. The molecule has 1 amide bonds. The van der Waals surface area contributed by atoms with E-state index in [1.807, 2.05) is 18.2 Å². The van der Waals surface area contributed by atoms with E-state index in [9.17, 15) is 10.1 Å². The number of amides is 1. The Morgan fingerprint density at radius 1 is 1.16 bits per heavy atom. The molecule has 0 unspecified atom stereocenters. The molecule has 2 aromatic carbocycles. The van der Waals surface area contributed by atoms with E-state index in [2.05, 4.69) is 21.4 Å². The van der Waals surface area contributed by atoms with Gasteiger partial charge in [0.05, 0.1) is 35.9 Å². The third kappa shape index (κ3) is 5.60. The fraction of sp³-hybridized carbons (Fsp3) is 0.385. The average Bonchev–Trinajstić information content (AvgIpc) is 3.26. The zero-order valence-corrected chi connectivity index (χ0v) is 22.6. The Morgan fingerprint density at radius 2 is 1.84 bits per heavy atom. The molecule has 0 aliphatic carbocycles. The molecule has 1 N–H and O–H groups in total. The van der Waals surface area contributed by atoms with E-state index >= 15 is 0 Å². The Morgan fingerprint density at radius 3 is 2.43 bits per heavy atom. The second-order valence-corrected chi connectivity index (χ2v) is 10.4. The molecule has 0 saturated carbocycles. The van der Waals surface area contributed by atoms with Crippen LogP contribution in [0, 0.1) is 11.3 Å². The molecule has 0 spiro atoms. The predicted molar refractivity (Wildman–Crippen MR) is 142 cm³/mol. The van der Waals surface area contributed by atoms with Crippen LogP contribution >= 0.6 is 23.2 Å². The first-order valence-corrected chi connectivity index (χ1v) is 12.3. The van der Waals surface area contributed by atoms with Crippen LogP contribution < -0.4 is 14.8 Å². The minimum Gasteiger partial charge on any atom is -0.495 e. The number of anilines is 1. The highest BCUT2D eigenvalue weighted by atomic mass is 35.5. The lowest BCUT2D eigenvalue weighted by Crippen LogP contribution is -2.40. The third-order valence-electron chi connectivity index (χ3n) is 5.85. The zero-order valence-electron chi connectivity index (χ0n) is 21.1. The Kier molecular flexibility index (Phi) is 7.53. The SMILES string of the molecule is COc1cc(OC)c(Cl)c(-c2ccc3nc(N[C@H]4C[C@@H](C#N)N(C(=O)OC(C)(C)C)C4)ncc3c2)c1Cl. The summed E-state index contributed by atoms with van der Waals surface area (Å²) in [5.41, 5.74) is 1.39. The minimum atomic E-state index is -0.645. The minimum absolute atomic E-state index is 0.198. The summed E-state index contributed by atoms with van der Waals surface area (Å²) in [6.07, 6.45) is 1.61. The molecular formula is C26H27Cl2N5O4.